The Morgan fingerprint density at radius 1 is 0.706 bits per heavy atom. The third kappa shape index (κ3) is 7.24. The van der Waals surface area contributed by atoms with Crippen molar-refractivity contribution in [2.75, 3.05) is 120 Å². The van der Waals surface area contributed by atoms with Gasteiger partial charge in [0.1, 0.15) is 5.54 Å². The number of nitrogens with zero attached hydrogens (tertiary/aromatic N) is 7. The Morgan fingerprint density at radius 3 is 1.90 bits per heavy atom. The average molecular weight is 715 g/mol. The third-order valence-electron chi connectivity index (χ3n) is 15.5. The molecule has 3 N–H and O–H groups in total. The van der Waals surface area contributed by atoms with Gasteiger partial charge in [0.05, 0.1) is 0 Å². The van der Waals surface area contributed by atoms with Crippen LogP contribution in [0.25, 0.3) is 0 Å². The van der Waals surface area contributed by atoms with Crippen molar-refractivity contribution in [2.45, 2.75) is 139 Å². The van der Waals surface area contributed by atoms with Crippen LogP contribution in [0.1, 0.15) is 97.8 Å². The molecule has 5 atom stereocenters. The molecule has 6 aliphatic rings. The first-order valence-electron chi connectivity index (χ1n) is 21.9. The van der Waals surface area contributed by atoms with Gasteiger partial charge in [0, 0.05) is 75.5 Å². The molecule has 6 saturated heterocycles. The zero-order valence-electron chi connectivity index (χ0n) is 34.7. The standard InChI is InChI=1S/C41H82N10/c1-9-43-35-17-27-50(28-18-35)41(51-31-19-36(20-32-51)45(5)6)40(38-16-12-13-26-47(38)8,49-29-21-37(22-30-49)48(10-2)11-3)39(42-4,23-24-44-41)34-15-14-25-46(7)33-34/h34-38,42-44H,9-33H2,1-8H3. The molecule has 6 aliphatic heterocycles. The first-order valence-corrected chi connectivity index (χ1v) is 21.9. The topological polar surface area (TPSA) is 58.8 Å². The summed E-state index contributed by atoms with van der Waals surface area (Å²) in [6, 6.07) is 2.46. The maximum atomic E-state index is 4.65. The maximum Gasteiger partial charge on any atom is 0.151 e. The highest BCUT2D eigenvalue weighted by Gasteiger charge is 2.76. The van der Waals surface area contributed by atoms with Crippen LogP contribution in [-0.2, 0) is 0 Å². The van der Waals surface area contributed by atoms with Crippen LogP contribution in [0.5, 0.6) is 0 Å². The number of nitrogens with one attached hydrogen (secondary N) is 3. The van der Waals surface area contributed by atoms with Gasteiger partial charge in [-0.15, -0.1) is 0 Å². The van der Waals surface area contributed by atoms with Gasteiger partial charge in [-0.2, -0.15) is 0 Å². The first kappa shape index (κ1) is 40.3. The summed E-state index contributed by atoms with van der Waals surface area (Å²) >= 11 is 0. The minimum absolute atomic E-state index is 0.0256. The summed E-state index contributed by atoms with van der Waals surface area (Å²) in [5.74, 6) is 0.356. The second-order valence-electron chi connectivity index (χ2n) is 17.9. The molecule has 51 heavy (non-hydrogen) atoms. The molecule has 0 amide bonds. The summed E-state index contributed by atoms with van der Waals surface area (Å²) in [4.78, 5) is 20.2. The molecule has 10 heteroatoms. The van der Waals surface area contributed by atoms with Crippen LogP contribution in [0.2, 0.25) is 0 Å². The van der Waals surface area contributed by atoms with E-state index in [-0.39, 0.29) is 16.9 Å². The molecule has 6 rings (SSSR count). The molecular weight excluding hydrogens is 633 g/mol. The van der Waals surface area contributed by atoms with Crippen LogP contribution in [0, 0.1) is 5.92 Å². The van der Waals surface area contributed by atoms with E-state index in [4.69, 9.17) is 0 Å². The lowest BCUT2D eigenvalue weighted by Gasteiger charge is -2.77. The number of likely N-dealkylation sites (tertiary alicyclic amines) is 5. The van der Waals surface area contributed by atoms with Crippen LogP contribution < -0.4 is 16.0 Å². The van der Waals surface area contributed by atoms with Gasteiger partial charge in [0.2, 0.25) is 0 Å². The summed E-state index contributed by atoms with van der Waals surface area (Å²) in [5.41, 5.74) is -0.155. The summed E-state index contributed by atoms with van der Waals surface area (Å²) in [6.45, 7) is 22.2. The second-order valence-corrected chi connectivity index (χ2v) is 17.9. The minimum atomic E-state index is -0.253. The molecule has 0 aliphatic carbocycles. The zero-order valence-corrected chi connectivity index (χ0v) is 34.7. The number of piperidine rings is 6. The van der Waals surface area contributed by atoms with Crippen molar-refractivity contribution in [2.24, 2.45) is 5.92 Å². The van der Waals surface area contributed by atoms with E-state index in [1.165, 1.54) is 136 Å². The predicted octanol–water partition coefficient (Wildman–Crippen LogP) is 3.06. The van der Waals surface area contributed by atoms with Gasteiger partial charge in [-0.25, -0.2) is 0 Å². The molecule has 0 aromatic carbocycles. The lowest BCUT2D eigenvalue weighted by atomic mass is 9.53. The van der Waals surface area contributed by atoms with Crippen LogP contribution >= 0.6 is 0 Å². The number of hydrogen-bond donors (Lipinski definition) is 3. The van der Waals surface area contributed by atoms with Gasteiger partial charge in [-0.1, -0.05) is 27.2 Å². The zero-order chi connectivity index (χ0) is 36.2. The predicted molar refractivity (Wildman–Crippen MR) is 214 cm³/mol. The second kappa shape index (κ2) is 17.6. The van der Waals surface area contributed by atoms with Gasteiger partial charge < -0.3 is 30.2 Å². The highest BCUT2D eigenvalue weighted by Crippen LogP contribution is 2.57. The van der Waals surface area contributed by atoms with Crippen LogP contribution in [0.15, 0.2) is 0 Å². The molecule has 296 valence electrons. The van der Waals surface area contributed by atoms with E-state index in [1.54, 1.807) is 0 Å². The quantitative estimate of drug-likeness (QED) is 0.282. The normalized spacial score (nSPS) is 37.5. The van der Waals surface area contributed by atoms with Crippen molar-refractivity contribution >= 4 is 0 Å². The fourth-order valence-electron chi connectivity index (χ4n) is 13.2. The Bertz CT molecular complexity index is 1050. The van der Waals surface area contributed by atoms with Crippen LogP contribution in [-0.4, -0.2) is 196 Å². The van der Waals surface area contributed by atoms with E-state index in [0.29, 0.717) is 30.1 Å². The highest BCUT2D eigenvalue weighted by atomic mass is 15.6. The number of hydrogen-bond acceptors (Lipinski definition) is 10. The monoisotopic (exact) mass is 715 g/mol. The highest BCUT2D eigenvalue weighted by molar-refractivity contribution is 5.32. The Morgan fingerprint density at radius 2 is 1.33 bits per heavy atom. The van der Waals surface area contributed by atoms with Gasteiger partial charge in [-0.3, -0.25) is 20.0 Å². The lowest BCUT2D eigenvalue weighted by Crippen LogP contribution is -2.98. The van der Waals surface area contributed by atoms with Crippen molar-refractivity contribution < 1.29 is 0 Å². The maximum absolute atomic E-state index is 4.65. The molecule has 0 aromatic rings. The summed E-state index contributed by atoms with van der Waals surface area (Å²) < 4.78 is 0. The van der Waals surface area contributed by atoms with Crippen molar-refractivity contribution in [3.8, 4) is 0 Å². The van der Waals surface area contributed by atoms with Gasteiger partial charge in [-0.05, 0) is 151 Å². The van der Waals surface area contributed by atoms with Crippen molar-refractivity contribution in [1.82, 2.24) is 50.2 Å². The van der Waals surface area contributed by atoms with Crippen LogP contribution in [0.4, 0.5) is 0 Å². The fraction of sp³-hybridized carbons (Fsp3) is 1.00. The molecule has 6 fully saturated rings. The number of likely N-dealkylation sites (N-methyl/N-ethyl adjacent to an activating group) is 2. The first-order chi connectivity index (χ1) is 24.7. The molecule has 10 nitrogen and oxygen atoms in total. The molecule has 0 radical (unpaired) electrons. The number of rotatable bonds is 12. The Hall–Kier alpha value is -0.400. The third-order valence-corrected chi connectivity index (χ3v) is 15.5. The van der Waals surface area contributed by atoms with E-state index in [1.807, 2.05) is 0 Å². The van der Waals surface area contributed by atoms with Crippen molar-refractivity contribution in [1.29, 1.82) is 0 Å². The lowest BCUT2D eigenvalue weighted by molar-refractivity contribution is -0.276. The molecule has 0 saturated carbocycles. The van der Waals surface area contributed by atoms with Crippen molar-refractivity contribution in [3.63, 3.8) is 0 Å². The Labute approximate surface area is 314 Å². The molecular formula is C41H82N10. The van der Waals surface area contributed by atoms with E-state index in [0.717, 1.165) is 26.2 Å². The van der Waals surface area contributed by atoms with E-state index >= 15 is 0 Å². The Balaban J connectivity index is 1.58. The fourth-order valence-corrected chi connectivity index (χ4v) is 13.2. The molecule has 0 aromatic heterocycles. The van der Waals surface area contributed by atoms with E-state index in [9.17, 15) is 0 Å². The van der Waals surface area contributed by atoms with Gasteiger partial charge in [0.25, 0.3) is 0 Å². The smallest absolute Gasteiger partial charge is 0.151 e. The SMILES string of the molecule is CCNC1CCN(C2(N3CCC(N(C)C)CC3)NCCC(NC)(C3CCCN(C)C3)C2(C2CCCCN2C)N2CCC(N(CC)CC)CC2)CC1. The van der Waals surface area contributed by atoms with Gasteiger partial charge >= 0.3 is 0 Å². The van der Waals surface area contributed by atoms with E-state index in [2.05, 4.69) is 106 Å². The van der Waals surface area contributed by atoms with E-state index < -0.39 is 0 Å². The summed E-state index contributed by atoms with van der Waals surface area (Å²) in [7, 11) is 12.0. The van der Waals surface area contributed by atoms with Crippen LogP contribution in [0.3, 0.4) is 0 Å². The average Bonchev–Trinajstić information content (AvgIpc) is 3.16. The molecule has 5 unspecified atom stereocenters. The molecule has 0 spiro atoms. The summed E-state index contributed by atoms with van der Waals surface area (Å²) in [5, 5.41) is 13.0. The van der Waals surface area contributed by atoms with Gasteiger partial charge in [0.15, 0.2) is 5.79 Å². The largest absolute Gasteiger partial charge is 0.314 e. The van der Waals surface area contributed by atoms with Crippen molar-refractivity contribution in [3.05, 3.63) is 0 Å². The Kier molecular flexibility index (Phi) is 13.9. The molecule has 6 heterocycles. The molecule has 0 bridgehead atoms. The summed E-state index contributed by atoms with van der Waals surface area (Å²) in [6.07, 6.45) is 15.4. The minimum Gasteiger partial charge on any atom is -0.314 e.